The van der Waals surface area contributed by atoms with Crippen molar-refractivity contribution in [3.8, 4) is 5.75 Å². The zero-order valence-electron chi connectivity index (χ0n) is 11.9. The van der Waals surface area contributed by atoms with Crippen molar-refractivity contribution in [3.05, 3.63) is 29.3 Å². The molecule has 0 amide bonds. The molecule has 2 aliphatic heterocycles. The van der Waals surface area contributed by atoms with Gasteiger partial charge in [0.05, 0.1) is 6.10 Å². The average Bonchev–Trinajstić information content (AvgIpc) is 2.79. The van der Waals surface area contributed by atoms with E-state index in [0.717, 1.165) is 38.0 Å². The second kappa shape index (κ2) is 3.58. The first-order valence-corrected chi connectivity index (χ1v) is 7.89. The molecule has 5 rings (SSSR count). The molecule has 0 radical (unpaired) electrons. The minimum atomic E-state index is -0.298. The molecule has 2 aliphatic carbocycles. The van der Waals surface area contributed by atoms with Crippen LogP contribution in [-0.2, 0) is 11.8 Å². The number of hydrogen-bond donors (Lipinski definition) is 1. The van der Waals surface area contributed by atoms with Crippen LogP contribution >= 0.6 is 0 Å². The summed E-state index contributed by atoms with van der Waals surface area (Å²) in [4.78, 5) is 2.54. The Hall–Kier alpha value is -1.06. The molecule has 5 atom stereocenters. The molecule has 1 aromatic rings. The van der Waals surface area contributed by atoms with Gasteiger partial charge in [-0.3, -0.25) is 0 Å². The van der Waals surface area contributed by atoms with Crippen LogP contribution in [0.25, 0.3) is 0 Å². The van der Waals surface area contributed by atoms with E-state index in [1.165, 1.54) is 11.1 Å². The van der Waals surface area contributed by atoms with E-state index in [1.54, 1.807) is 0 Å². The van der Waals surface area contributed by atoms with E-state index in [9.17, 15) is 5.11 Å². The topological polar surface area (TPSA) is 32.7 Å². The van der Waals surface area contributed by atoms with Gasteiger partial charge in [0.1, 0.15) is 11.9 Å². The molecule has 106 valence electrons. The highest BCUT2D eigenvalue weighted by Gasteiger charge is 2.64. The number of aliphatic hydroxyl groups excluding tert-OH is 1. The molecule has 2 heterocycles. The summed E-state index contributed by atoms with van der Waals surface area (Å²) >= 11 is 0. The Labute approximate surface area is 119 Å². The molecule has 1 N–H and O–H groups in total. The number of likely N-dealkylation sites (N-methyl/N-ethyl adjacent to an activating group) is 1. The molecule has 3 heteroatoms. The molecule has 4 aliphatic rings. The largest absolute Gasteiger partial charge is 0.486 e. The van der Waals surface area contributed by atoms with Crippen LogP contribution in [0.4, 0.5) is 0 Å². The Morgan fingerprint density at radius 2 is 2.25 bits per heavy atom. The van der Waals surface area contributed by atoms with Gasteiger partial charge in [0.15, 0.2) is 0 Å². The standard InChI is InChI=1S/C17H21NO2/c1-18-8-7-17-11-5-6-13(19)16(17)20-14-4-2-3-10(15(14)17)9-12(11)18/h2-4,11-13,16,19H,5-9H2,1H3/t11-,12+,13+,16-,17-/m0/s1. The zero-order valence-corrected chi connectivity index (χ0v) is 11.9. The van der Waals surface area contributed by atoms with Crippen molar-refractivity contribution in [2.45, 2.75) is 49.3 Å². The van der Waals surface area contributed by atoms with Crippen molar-refractivity contribution in [1.82, 2.24) is 4.90 Å². The van der Waals surface area contributed by atoms with Gasteiger partial charge in [0, 0.05) is 17.0 Å². The van der Waals surface area contributed by atoms with Gasteiger partial charge < -0.3 is 14.7 Å². The average molecular weight is 271 g/mol. The van der Waals surface area contributed by atoms with E-state index in [2.05, 4.69) is 30.1 Å². The zero-order chi connectivity index (χ0) is 13.5. The predicted molar refractivity (Wildman–Crippen MR) is 76.0 cm³/mol. The molecule has 2 fully saturated rings. The van der Waals surface area contributed by atoms with Crippen LogP contribution < -0.4 is 4.74 Å². The Balaban J connectivity index is 1.80. The second-order valence-corrected chi connectivity index (χ2v) is 7.12. The van der Waals surface area contributed by atoms with Gasteiger partial charge in [-0.1, -0.05) is 12.1 Å². The Morgan fingerprint density at radius 3 is 3.15 bits per heavy atom. The molecule has 0 unspecified atom stereocenters. The van der Waals surface area contributed by atoms with Crippen LogP contribution in [0.3, 0.4) is 0 Å². The molecule has 1 spiro atoms. The van der Waals surface area contributed by atoms with Gasteiger partial charge in [-0.2, -0.15) is 0 Å². The number of piperidine rings is 1. The number of hydrogen-bond acceptors (Lipinski definition) is 3. The lowest BCUT2D eigenvalue weighted by molar-refractivity contribution is -0.0991. The lowest BCUT2D eigenvalue weighted by Gasteiger charge is -2.58. The van der Waals surface area contributed by atoms with E-state index in [0.29, 0.717) is 12.0 Å². The Bertz CT molecular complexity index is 586. The lowest BCUT2D eigenvalue weighted by atomic mass is 9.51. The number of rotatable bonds is 0. The first-order valence-electron chi connectivity index (χ1n) is 7.89. The van der Waals surface area contributed by atoms with Crippen molar-refractivity contribution in [1.29, 1.82) is 0 Å². The predicted octanol–water partition coefficient (Wildman–Crippen LogP) is 1.72. The summed E-state index contributed by atoms with van der Waals surface area (Å²) in [6, 6.07) is 7.12. The number of likely N-dealkylation sites (tertiary alicyclic amines) is 1. The maximum Gasteiger partial charge on any atom is 0.135 e. The monoisotopic (exact) mass is 271 g/mol. The summed E-state index contributed by atoms with van der Waals surface area (Å²) in [6.07, 6.45) is 4.02. The Morgan fingerprint density at radius 1 is 1.35 bits per heavy atom. The molecule has 1 saturated heterocycles. The third kappa shape index (κ3) is 1.12. The number of aliphatic hydroxyl groups is 1. The normalized spacial score (nSPS) is 44.9. The highest BCUT2D eigenvalue weighted by atomic mass is 16.5. The summed E-state index contributed by atoms with van der Waals surface area (Å²) in [6.45, 7) is 1.13. The van der Waals surface area contributed by atoms with Crippen LogP contribution in [-0.4, -0.2) is 41.8 Å². The maximum absolute atomic E-state index is 10.5. The molecular weight excluding hydrogens is 250 g/mol. The summed E-state index contributed by atoms with van der Waals surface area (Å²) < 4.78 is 6.26. The summed E-state index contributed by atoms with van der Waals surface area (Å²) in [5.41, 5.74) is 3.02. The van der Waals surface area contributed by atoms with Crippen molar-refractivity contribution < 1.29 is 9.84 Å². The van der Waals surface area contributed by atoms with Crippen LogP contribution in [0.2, 0.25) is 0 Å². The Kier molecular flexibility index (Phi) is 2.07. The van der Waals surface area contributed by atoms with E-state index in [-0.39, 0.29) is 17.6 Å². The fourth-order valence-corrected chi connectivity index (χ4v) is 5.68. The quantitative estimate of drug-likeness (QED) is 0.780. The van der Waals surface area contributed by atoms with Crippen LogP contribution in [0.1, 0.15) is 30.4 Å². The first-order chi connectivity index (χ1) is 9.72. The molecule has 0 aromatic heterocycles. The van der Waals surface area contributed by atoms with Crippen molar-refractivity contribution in [2.24, 2.45) is 5.92 Å². The summed E-state index contributed by atoms with van der Waals surface area (Å²) in [5.74, 6) is 1.72. The molecule has 1 saturated carbocycles. The lowest BCUT2D eigenvalue weighted by Crippen LogP contribution is -2.66. The third-order valence-corrected chi connectivity index (χ3v) is 6.46. The van der Waals surface area contributed by atoms with E-state index in [4.69, 9.17) is 4.74 Å². The molecule has 20 heavy (non-hydrogen) atoms. The fourth-order valence-electron chi connectivity index (χ4n) is 5.68. The van der Waals surface area contributed by atoms with Gasteiger partial charge >= 0.3 is 0 Å². The van der Waals surface area contributed by atoms with Gasteiger partial charge in [-0.15, -0.1) is 0 Å². The highest BCUT2D eigenvalue weighted by molar-refractivity contribution is 5.55. The van der Waals surface area contributed by atoms with Crippen LogP contribution in [0.15, 0.2) is 18.2 Å². The minimum Gasteiger partial charge on any atom is -0.486 e. The van der Waals surface area contributed by atoms with Crippen LogP contribution in [0, 0.1) is 5.92 Å². The highest BCUT2D eigenvalue weighted by Crippen LogP contribution is 2.61. The van der Waals surface area contributed by atoms with Crippen molar-refractivity contribution in [2.75, 3.05) is 13.6 Å². The van der Waals surface area contributed by atoms with E-state index in [1.807, 2.05) is 0 Å². The van der Waals surface area contributed by atoms with E-state index < -0.39 is 0 Å². The van der Waals surface area contributed by atoms with Crippen molar-refractivity contribution in [3.63, 3.8) is 0 Å². The van der Waals surface area contributed by atoms with Gasteiger partial charge in [0.25, 0.3) is 0 Å². The summed E-state index contributed by atoms with van der Waals surface area (Å²) in [7, 11) is 2.27. The maximum atomic E-state index is 10.5. The van der Waals surface area contributed by atoms with E-state index >= 15 is 0 Å². The SMILES string of the molecule is CN1CC[C@]23c4c5cccc4O[C@H]2[C@H](O)CC[C@H]3[C@H]1C5. The minimum absolute atomic E-state index is 0.00565. The number of benzene rings is 1. The second-order valence-electron chi connectivity index (χ2n) is 7.12. The van der Waals surface area contributed by atoms with Gasteiger partial charge in [0.2, 0.25) is 0 Å². The van der Waals surface area contributed by atoms with Crippen LogP contribution in [0.5, 0.6) is 5.75 Å². The summed E-state index contributed by atoms with van der Waals surface area (Å²) in [5, 5.41) is 10.5. The first kappa shape index (κ1) is 11.6. The molecule has 1 aromatic carbocycles. The van der Waals surface area contributed by atoms with Gasteiger partial charge in [-0.25, -0.2) is 0 Å². The fraction of sp³-hybridized carbons (Fsp3) is 0.647. The third-order valence-electron chi connectivity index (χ3n) is 6.46. The molecular formula is C17H21NO2. The molecule has 3 nitrogen and oxygen atoms in total. The number of nitrogens with zero attached hydrogens (tertiary/aromatic N) is 1. The van der Waals surface area contributed by atoms with Gasteiger partial charge in [-0.05, 0) is 56.8 Å². The molecule has 2 bridgehead atoms. The number of ether oxygens (including phenoxy) is 1. The van der Waals surface area contributed by atoms with Crippen molar-refractivity contribution >= 4 is 0 Å². The smallest absolute Gasteiger partial charge is 0.135 e.